The Morgan fingerprint density at radius 3 is 1.22 bits per heavy atom. The number of likely N-dealkylation sites (tertiary alicyclic amines) is 2. The zero-order valence-electron chi connectivity index (χ0n) is 17.2. The van der Waals surface area contributed by atoms with Crippen LogP contribution in [0, 0.1) is 0 Å². The summed E-state index contributed by atoms with van der Waals surface area (Å²) in [6.45, 7) is 7.51. The third kappa shape index (κ3) is 5.06. The molecule has 0 N–H and O–H groups in total. The molecule has 4 heteroatoms. The minimum Gasteiger partial charge on any atom is -0.306 e. The van der Waals surface area contributed by atoms with Gasteiger partial charge in [-0.25, -0.2) is 3.11 Å². The van der Waals surface area contributed by atoms with Crippen LogP contribution in [-0.2, 0) is 0 Å². The van der Waals surface area contributed by atoms with E-state index in [1.807, 2.05) is 0 Å². The predicted molar refractivity (Wildman–Crippen MR) is 123 cm³/mol. The van der Waals surface area contributed by atoms with Gasteiger partial charge in [0, 0.05) is 36.0 Å². The smallest absolute Gasteiger partial charge is 0.0201 e. The maximum Gasteiger partial charge on any atom is 0.0201 e. The fourth-order valence-electron chi connectivity index (χ4n) is 5.27. The van der Waals surface area contributed by atoms with Gasteiger partial charge in [0.15, 0.2) is 0 Å². The molecule has 0 saturated carbocycles. The van der Waals surface area contributed by atoms with E-state index < -0.39 is 0 Å². The number of rotatable bonds is 3. The van der Waals surface area contributed by atoms with Crippen LogP contribution in [0.15, 0.2) is 18.2 Å². The molecule has 4 rings (SSSR count). The summed E-state index contributed by atoms with van der Waals surface area (Å²) in [5.74, 6) is 2.32. The SMILES string of the molecule is CN1CCC(c2cc(C3CCN(C)CC3)cc(C3CCN(I)CC3)c2)CC1. The van der Waals surface area contributed by atoms with Gasteiger partial charge in [0.1, 0.15) is 0 Å². The molecule has 3 aliphatic rings. The van der Waals surface area contributed by atoms with E-state index in [0.29, 0.717) is 0 Å². The van der Waals surface area contributed by atoms with Crippen molar-refractivity contribution >= 4 is 22.9 Å². The van der Waals surface area contributed by atoms with Crippen molar-refractivity contribution in [2.45, 2.75) is 56.3 Å². The first-order valence-electron chi connectivity index (χ1n) is 11.0. The summed E-state index contributed by atoms with van der Waals surface area (Å²) in [4.78, 5) is 4.99. The van der Waals surface area contributed by atoms with E-state index in [2.05, 4.69) is 68.1 Å². The van der Waals surface area contributed by atoms with Gasteiger partial charge in [-0.1, -0.05) is 18.2 Å². The summed E-state index contributed by atoms with van der Waals surface area (Å²) in [6, 6.07) is 7.84. The molecule has 3 nitrogen and oxygen atoms in total. The molecule has 0 radical (unpaired) electrons. The molecule has 1 aromatic carbocycles. The number of hydrogen-bond donors (Lipinski definition) is 0. The monoisotopic (exact) mass is 481 g/mol. The molecule has 150 valence electrons. The highest BCUT2D eigenvalue weighted by molar-refractivity contribution is 14.1. The Bertz CT molecular complexity index is 512. The lowest BCUT2D eigenvalue weighted by molar-refractivity contribution is 0.252. The highest BCUT2D eigenvalue weighted by Gasteiger charge is 2.26. The fraction of sp³-hybridized carbons (Fsp3) is 0.739. The van der Waals surface area contributed by atoms with Crippen molar-refractivity contribution in [3.05, 3.63) is 34.9 Å². The van der Waals surface area contributed by atoms with Gasteiger partial charge in [-0.3, -0.25) is 0 Å². The minimum atomic E-state index is 0.771. The van der Waals surface area contributed by atoms with Crippen molar-refractivity contribution in [1.29, 1.82) is 0 Å². The number of benzene rings is 1. The van der Waals surface area contributed by atoms with Crippen molar-refractivity contribution in [3.63, 3.8) is 0 Å². The normalized spacial score (nSPS) is 25.9. The third-order valence-electron chi connectivity index (χ3n) is 7.29. The van der Waals surface area contributed by atoms with E-state index in [9.17, 15) is 0 Å². The molecule has 0 spiro atoms. The first-order valence-corrected chi connectivity index (χ1v) is 12.0. The summed E-state index contributed by atoms with van der Waals surface area (Å²) in [5, 5.41) is 0. The maximum absolute atomic E-state index is 2.61. The number of halogens is 1. The summed E-state index contributed by atoms with van der Waals surface area (Å²) in [7, 11) is 4.54. The van der Waals surface area contributed by atoms with Crippen LogP contribution in [0.4, 0.5) is 0 Å². The molecule has 0 amide bonds. The van der Waals surface area contributed by atoms with E-state index in [-0.39, 0.29) is 0 Å². The maximum atomic E-state index is 2.61. The average Bonchev–Trinajstić information content (AvgIpc) is 2.69. The molecule has 3 aliphatic heterocycles. The van der Waals surface area contributed by atoms with Crippen molar-refractivity contribution in [2.75, 3.05) is 53.4 Å². The summed E-state index contributed by atoms with van der Waals surface area (Å²) in [5.41, 5.74) is 4.97. The van der Waals surface area contributed by atoms with E-state index in [1.54, 1.807) is 16.7 Å². The Kier molecular flexibility index (Phi) is 6.78. The Labute approximate surface area is 180 Å². The molecule has 0 atom stereocenters. The zero-order valence-corrected chi connectivity index (χ0v) is 19.3. The van der Waals surface area contributed by atoms with Crippen molar-refractivity contribution < 1.29 is 0 Å². The lowest BCUT2D eigenvalue weighted by atomic mass is 9.80. The largest absolute Gasteiger partial charge is 0.306 e. The summed E-state index contributed by atoms with van der Waals surface area (Å²) < 4.78 is 2.47. The Hall–Kier alpha value is -0.170. The quantitative estimate of drug-likeness (QED) is 0.452. The number of piperidine rings is 3. The lowest BCUT2D eigenvalue weighted by Crippen LogP contribution is -2.30. The molecule has 0 aromatic heterocycles. The van der Waals surface area contributed by atoms with Gasteiger partial charge in [-0.15, -0.1) is 0 Å². The van der Waals surface area contributed by atoms with E-state index >= 15 is 0 Å². The molecule has 0 bridgehead atoms. The van der Waals surface area contributed by atoms with Crippen LogP contribution in [0.3, 0.4) is 0 Å². The fourth-order valence-corrected chi connectivity index (χ4v) is 5.83. The van der Waals surface area contributed by atoms with Gasteiger partial charge in [0.25, 0.3) is 0 Å². The van der Waals surface area contributed by atoms with Crippen LogP contribution >= 0.6 is 22.9 Å². The van der Waals surface area contributed by atoms with Gasteiger partial charge in [-0.05, 0) is 113 Å². The highest BCUT2D eigenvalue weighted by atomic mass is 127. The van der Waals surface area contributed by atoms with Gasteiger partial charge in [0.05, 0.1) is 0 Å². The third-order valence-corrected chi connectivity index (χ3v) is 8.26. The number of hydrogen-bond acceptors (Lipinski definition) is 3. The molecule has 1 aromatic rings. The number of nitrogens with zero attached hydrogens (tertiary/aromatic N) is 3. The van der Waals surface area contributed by atoms with Crippen LogP contribution in [0.5, 0.6) is 0 Å². The Morgan fingerprint density at radius 2 is 0.889 bits per heavy atom. The highest BCUT2D eigenvalue weighted by Crippen LogP contribution is 2.38. The Balaban J connectivity index is 1.59. The second-order valence-corrected chi connectivity index (χ2v) is 10.6. The van der Waals surface area contributed by atoms with E-state index in [0.717, 1.165) is 17.8 Å². The molecule has 3 saturated heterocycles. The molecule has 3 heterocycles. The van der Waals surface area contributed by atoms with Crippen LogP contribution in [-0.4, -0.2) is 66.3 Å². The van der Waals surface area contributed by atoms with Crippen LogP contribution in [0.25, 0.3) is 0 Å². The van der Waals surface area contributed by atoms with Crippen LogP contribution < -0.4 is 0 Å². The zero-order chi connectivity index (χ0) is 18.8. The first-order chi connectivity index (χ1) is 13.1. The second kappa shape index (κ2) is 9.10. The molecule has 27 heavy (non-hydrogen) atoms. The molecule has 0 aliphatic carbocycles. The minimum absolute atomic E-state index is 0.771. The lowest BCUT2D eigenvalue weighted by Gasteiger charge is -2.34. The van der Waals surface area contributed by atoms with Gasteiger partial charge < -0.3 is 9.80 Å². The molecular formula is C23H36IN3. The van der Waals surface area contributed by atoms with E-state index in [4.69, 9.17) is 0 Å². The summed E-state index contributed by atoms with van der Waals surface area (Å²) >= 11 is 2.50. The standard InChI is InChI=1S/C23H36IN3/c1-25-9-3-18(4-10-25)21-15-22(19-5-11-26(2)12-6-19)17-23(16-21)20-7-13-27(24)14-8-20/h15-20H,3-14H2,1-2H3. The van der Waals surface area contributed by atoms with E-state index in [1.165, 1.54) is 77.8 Å². The average molecular weight is 481 g/mol. The van der Waals surface area contributed by atoms with Gasteiger partial charge in [0.2, 0.25) is 0 Å². The topological polar surface area (TPSA) is 9.72 Å². The van der Waals surface area contributed by atoms with Gasteiger partial charge in [-0.2, -0.15) is 0 Å². The van der Waals surface area contributed by atoms with Crippen LogP contribution in [0.1, 0.15) is 73.0 Å². The summed E-state index contributed by atoms with van der Waals surface area (Å²) in [6.07, 6.45) is 7.98. The van der Waals surface area contributed by atoms with Crippen molar-refractivity contribution in [2.24, 2.45) is 0 Å². The van der Waals surface area contributed by atoms with Crippen LogP contribution in [0.2, 0.25) is 0 Å². The van der Waals surface area contributed by atoms with Crippen molar-refractivity contribution in [3.8, 4) is 0 Å². The predicted octanol–water partition coefficient (Wildman–Crippen LogP) is 4.83. The molecule has 3 fully saturated rings. The van der Waals surface area contributed by atoms with Crippen molar-refractivity contribution in [1.82, 2.24) is 12.9 Å². The second-order valence-electron chi connectivity index (χ2n) is 9.27. The Morgan fingerprint density at radius 1 is 0.593 bits per heavy atom. The van der Waals surface area contributed by atoms with Gasteiger partial charge >= 0.3 is 0 Å². The first kappa shape index (κ1) is 20.1. The molecule has 0 unspecified atom stereocenters. The molecular weight excluding hydrogens is 445 g/mol.